The molecule has 3 heterocycles. The predicted octanol–water partition coefficient (Wildman–Crippen LogP) is 6.93. The van der Waals surface area contributed by atoms with Gasteiger partial charge in [-0.05, 0) is 83.3 Å². The van der Waals surface area contributed by atoms with Crippen molar-refractivity contribution in [2.75, 3.05) is 39.3 Å². The highest BCUT2D eigenvalue weighted by molar-refractivity contribution is 6.12. The summed E-state index contributed by atoms with van der Waals surface area (Å²) in [7, 11) is 2.85. The third kappa shape index (κ3) is 7.28. The number of hydrogen-bond donors (Lipinski definition) is 2. The van der Waals surface area contributed by atoms with Gasteiger partial charge in [-0.15, -0.1) is 0 Å². The summed E-state index contributed by atoms with van der Waals surface area (Å²) in [5.74, 6) is 4.85. The Labute approximate surface area is 349 Å². The number of cyclic esters (lactones) is 1. The van der Waals surface area contributed by atoms with Gasteiger partial charge in [0.25, 0.3) is 5.91 Å². The Hall–Kier alpha value is -6.45. The van der Waals surface area contributed by atoms with Crippen molar-refractivity contribution in [1.82, 2.24) is 9.96 Å². The van der Waals surface area contributed by atoms with Crippen molar-refractivity contribution in [2.45, 2.75) is 49.4 Å². The molecule has 11 heteroatoms. The Balaban J connectivity index is 1.34. The molecule has 306 valence electrons. The zero-order valence-corrected chi connectivity index (χ0v) is 33.7. The molecule has 0 aromatic heterocycles. The number of carbonyl (C=O) groups excluding carboxylic acids is 3. The van der Waals surface area contributed by atoms with Gasteiger partial charge in [0.05, 0.1) is 38.3 Å². The molecule has 2 saturated heterocycles. The average molecular weight is 806 g/mol. The number of ether oxygens (including phenoxy) is 3. The Kier molecular flexibility index (Phi) is 11.7. The number of hydrogen-bond acceptors (Lipinski definition) is 9. The van der Waals surface area contributed by atoms with Gasteiger partial charge in [0, 0.05) is 23.9 Å². The van der Waals surface area contributed by atoms with E-state index in [0.29, 0.717) is 34.7 Å². The Morgan fingerprint density at radius 3 is 2.07 bits per heavy atom. The molecule has 8 rings (SSSR count). The second kappa shape index (κ2) is 17.4. The lowest BCUT2D eigenvalue weighted by Crippen LogP contribution is -2.54. The molecule has 3 aliphatic rings. The van der Waals surface area contributed by atoms with E-state index in [-0.39, 0.29) is 13.2 Å². The number of amides is 2. The Morgan fingerprint density at radius 1 is 0.800 bits per heavy atom. The smallest absolute Gasteiger partial charge is 0.324 e. The van der Waals surface area contributed by atoms with Crippen LogP contribution in [-0.4, -0.2) is 72.9 Å². The number of aliphatic hydroxyl groups is 1. The van der Waals surface area contributed by atoms with E-state index in [1.165, 1.54) is 14.2 Å². The molecule has 2 fully saturated rings. The van der Waals surface area contributed by atoms with E-state index < -0.39 is 53.3 Å². The van der Waals surface area contributed by atoms with Gasteiger partial charge in [-0.1, -0.05) is 98.0 Å². The number of carbonyl (C=O) groups is 3. The summed E-state index contributed by atoms with van der Waals surface area (Å²) in [6.45, 7) is 2.69. The first-order valence-corrected chi connectivity index (χ1v) is 20.2. The second-order valence-electron chi connectivity index (χ2n) is 15.1. The zero-order chi connectivity index (χ0) is 41.8. The first kappa shape index (κ1) is 40.3. The number of hydroxylamine groups is 2. The fraction of sp³-hybridized carbons (Fsp3) is 0.286. The molecular formula is C49H47N3O8. The number of benzene rings is 5. The van der Waals surface area contributed by atoms with Crippen molar-refractivity contribution in [3.05, 3.63) is 161 Å². The summed E-state index contributed by atoms with van der Waals surface area (Å²) in [5, 5.41) is 13.7. The van der Waals surface area contributed by atoms with E-state index in [9.17, 15) is 9.90 Å². The molecule has 2 N–H and O–H groups in total. The highest BCUT2D eigenvalue weighted by atomic mass is 16.7. The van der Waals surface area contributed by atoms with Gasteiger partial charge in [0.15, 0.2) is 0 Å². The van der Waals surface area contributed by atoms with Crippen LogP contribution in [0.25, 0.3) is 0 Å². The van der Waals surface area contributed by atoms with Crippen LogP contribution < -0.4 is 14.8 Å². The quantitative estimate of drug-likeness (QED) is 0.0598. The van der Waals surface area contributed by atoms with Crippen molar-refractivity contribution in [3.63, 3.8) is 0 Å². The molecule has 0 aliphatic carbocycles. The summed E-state index contributed by atoms with van der Waals surface area (Å²) in [6, 6.07) is 36.8. The number of aliphatic hydroxyl groups excluding tert-OH is 1. The van der Waals surface area contributed by atoms with Crippen LogP contribution in [-0.2, 0) is 29.4 Å². The number of nitrogens with one attached hydrogen (secondary N) is 1. The third-order valence-corrected chi connectivity index (χ3v) is 11.7. The largest absolute Gasteiger partial charge is 0.494 e. The monoisotopic (exact) mass is 805 g/mol. The highest BCUT2D eigenvalue weighted by Gasteiger charge is 2.74. The second-order valence-corrected chi connectivity index (χ2v) is 15.1. The molecule has 6 atom stereocenters. The summed E-state index contributed by atoms with van der Waals surface area (Å²) in [5.41, 5.74) is 2.97. The number of rotatable bonds is 12. The van der Waals surface area contributed by atoms with E-state index in [1.807, 2.05) is 114 Å². The van der Waals surface area contributed by atoms with E-state index in [4.69, 9.17) is 19.0 Å². The van der Waals surface area contributed by atoms with Crippen molar-refractivity contribution in [2.24, 2.45) is 5.92 Å². The van der Waals surface area contributed by atoms with Crippen molar-refractivity contribution in [1.29, 1.82) is 0 Å². The molecule has 0 unspecified atom stereocenters. The molecule has 0 saturated carbocycles. The SMILES string of the molecule is CCCCOc1ccc(C#Cc2ccc3c(c2)[C@]2(C(=O)N3)[C@H](c3ccc(OCCO)cc3)N3[C@H](c4ccccc4)[C@H](c4ccccc4)OC(=O)[C@H]3[C@@H]2C(=O)N(C)OC)cc1. The van der Waals surface area contributed by atoms with Gasteiger partial charge in [-0.25, -0.2) is 5.06 Å². The summed E-state index contributed by atoms with van der Waals surface area (Å²) in [4.78, 5) is 52.8. The van der Waals surface area contributed by atoms with Crippen LogP contribution in [0.4, 0.5) is 5.69 Å². The average Bonchev–Trinajstić information content (AvgIpc) is 3.76. The van der Waals surface area contributed by atoms with E-state index in [2.05, 4.69) is 24.1 Å². The van der Waals surface area contributed by atoms with Gasteiger partial charge in [-0.3, -0.25) is 24.1 Å². The predicted molar refractivity (Wildman–Crippen MR) is 225 cm³/mol. The number of unbranched alkanes of at least 4 members (excludes halogenated alkanes) is 1. The van der Waals surface area contributed by atoms with E-state index in [1.54, 1.807) is 18.2 Å². The summed E-state index contributed by atoms with van der Waals surface area (Å²) in [6.07, 6.45) is 1.21. The highest BCUT2D eigenvalue weighted by Crippen LogP contribution is 2.65. The summed E-state index contributed by atoms with van der Waals surface area (Å²) < 4.78 is 18.1. The fourth-order valence-corrected chi connectivity index (χ4v) is 8.96. The van der Waals surface area contributed by atoms with Gasteiger partial charge in [0.1, 0.15) is 35.7 Å². The van der Waals surface area contributed by atoms with Crippen LogP contribution in [0.2, 0.25) is 0 Å². The van der Waals surface area contributed by atoms with Crippen LogP contribution >= 0.6 is 0 Å². The molecule has 0 radical (unpaired) electrons. The maximum atomic E-state index is 15.3. The van der Waals surface area contributed by atoms with Gasteiger partial charge in [-0.2, -0.15) is 0 Å². The minimum atomic E-state index is -1.70. The molecule has 60 heavy (non-hydrogen) atoms. The minimum absolute atomic E-state index is 0.0952. The van der Waals surface area contributed by atoms with Crippen LogP contribution in [0, 0.1) is 17.8 Å². The first-order chi connectivity index (χ1) is 29.3. The molecule has 5 aromatic rings. The number of morpholine rings is 1. The molecule has 1 spiro atoms. The number of fused-ring (bicyclic) bond motifs is 3. The first-order valence-electron chi connectivity index (χ1n) is 20.2. The van der Waals surface area contributed by atoms with Crippen LogP contribution in [0.3, 0.4) is 0 Å². The normalized spacial score (nSPS) is 22.8. The lowest BCUT2D eigenvalue weighted by Gasteiger charge is -2.46. The lowest BCUT2D eigenvalue weighted by molar-refractivity contribution is -0.187. The van der Waals surface area contributed by atoms with Crippen molar-refractivity contribution in [3.8, 4) is 23.3 Å². The number of anilines is 1. The molecule has 11 nitrogen and oxygen atoms in total. The molecule has 5 aromatic carbocycles. The molecular weight excluding hydrogens is 759 g/mol. The Morgan fingerprint density at radius 2 is 1.42 bits per heavy atom. The minimum Gasteiger partial charge on any atom is -0.494 e. The van der Waals surface area contributed by atoms with Gasteiger partial charge >= 0.3 is 5.97 Å². The van der Waals surface area contributed by atoms with Gasteiger partial charge < -0.3 is 24.6 Å². The number of nitrogens with zero attached hydrogens (tertiary/aromatic N) is 2. The third-order valence-electron chi connectivity index (χ3n) is 11.7. The van der Waals surface area contributed by atoms with Crippen molar-refractivity contribution < 1.29 is 38.5 Å². The molecule has 0 bridgehead atoms. The van der Waals surface area contributed by atoms with Gasteiger partial charge in [0.2, 0.25) is 5.91 Å². The maximum Gasteiger partial charge on any atom is 0.324 e. The maximum absolute atomic E-state index is 15.3. The van der Waals surface area contributed by atoms with Crippen LogP contribution in [0.15, 0.2) is 127 Å². The lowest BCUT2D eigenvalue weighted by atomic mass is 9.65. The zero-order valence-electron chi connectivity index (χ0n) is 33.7. The van der Waals surface area contributed by atoms with E-state index >= 15 is 9.59 Å². The topological polar surface area (TPSA) is 127 Å². The number of esters is 1. The van der Waals surface area contributed by atoms with Crippen LogP contribution in [0.1, 0.15) is 71.3 Å². The fourth-order valence-electron chi connectivity index (χ4n) is 8.96. The standard InChI is InChI=1S/C49H47N3O8/c1-4-5-29-58-37-23-18-32(19-24-37)16-17-33-20-27-40-39(31-33)49(48(56)50-40)41(46(54)51(2)57-3)43-47(55)60-44(35-14-10-7-11-15-35)42(34-12-8-6-9-13-34)52(43)45(49)36-21-25-38(26-22-36)59-30-28-53/h6-15,18-27,31,41-45,53H,4-5,28-30H2,1-3H3,(H,50,56)/t41-,42-,43-,44+,45+,49-/m1/s1. The summed E-state index contributed by atoms with van der Waals surface area (Å²) >= 11 is 0. The molecule has 3 aliphatic heterocycles. The van der Waals surface area contributed by atoms with E-state index in [0.717, 1.165) is 40.3 Å². The van der Waals surface area contributed by atoms with Crippen molar-refractivity contribution >= 4 is 23.5 Å². The van der Waals surface area contributed by atoms with Crippen LogP contribution in [0.5, 0.6) is 11.5 Å². The molecule has 2 amide bonds. The Bertz CT molecular complexity index is 2400.